The van der Waals surface area contributed by atoms with Gasteiger partial charge in [-0.25, -0.2) is 9.98 Å². The molecule has 0 fully saturated rings. The van der Waals surface area contributed by atoms with Gasteiger partial charge in [-0.15, -0.1) is 0 Å². The van der Waals surface area contributed by atoms with Crippen LogP contribution < -0.4 is 5.32 Å². The van der Waals surface area contributed by atoms with Gasteiger partial charge >= 0.3 is 0 Å². The molecule has 5 heteroatoms. The molecule has 4 nitrogen and oxygen atoms in total. The summed E-state index contributed by atoms with van der Waals surface area (Å²) >= 11 is 1.59. The SMILES string of the molecule is c1ccc(C2=NC(Sc3ccccn3)c3oc4ccccc4c3N2)cc1. The molecule has 0 radical (unpaired) electrons. The maximum absolute atomic E-state index is 6.14. The number of fused-ring (bicyclic) bond motifs is 3. The first-order chi connectivity index (χ1) is 12.9. The Hall–Kier alpha value is -3.05. The summed E-state index contributed by atoms with van der Waals surface area (Å²) in [6.45, 7) is 0. The van der Waals surface area contributed by atoms with Gasteiger partial charge in [-0.05, 0) is 24.3 Å². The molecule has 26 heavy (non-hydrogen) atoms. The number of anilines is 1. The molecule has 0 saturated carbocycles. The number of pyridine rings is 1. The zero-order valence-corrected chi connectivity index (χ0v) is 14.6. The highest BCUT2D eigenvalue weighted by molar-refractivity contribution is 7.99. The van der Waals surface area contributed by atoms with E-state index < -0.39 is 0 Å². The molecule has 0 saturated heterocycles. The predicted molar refractivity (Wildman–Crippen MR) is 106 cm³/mol. The summed E-state index contributed by atoms with van der Waals surface area (Å²) in [6.07, 6.45) is 1.80. The second kappa shape index (κ2) is 6.35. The number of nitrogens with one attached hydrogen (secondary N) is 1. The Morgan fingerprint density at radius 3 is 2.54 bits per heavy atom. The molecule has 4 aromatic rings. The molecule has 1 atom stereocenters. The quantitative estimate of drug-likeness (QED) is 0.527. The predicted octanol–water partition coefficient (Wildman–Crippen LogP) is 5.49. The van der Waals surface area contributed by atoms with Gasteiger partial charge in [0, 0.05) is 17.1 Å². The van der Waals surface area contributed by atoms with Crippen molar-refractivity contribution in [3.8, 4) is 0 Å². The van der Waals surface area contributed by atoms with E-state index in [0.29, 0.717) is 0 Å². The second-order valence-corrected chi connectivity index (χ2v) is 7.04. The van der Waals surface area contributed by atoms with E-state index in [1.807, 2.05) is 54.6 Å². The van der Waals surface area contributed by atoms with E-state index in [1.54, 1.807) is 18.0 Å². The van der Waals surface area contributed by atoms with E-state index in [4.69, 9.17) is 9.41 Å². The Kier molecular flexibility index (Phi) is 3.72. The van der Waals surface area contributed by atoms with Crippen molar-refractivity contribution in [1.29, 1.82) is 0 Å². The van der Waals surface area contributed by atoms with E-state index in [9.17, 15) is 0 Å². The minimum Gasteiger partial charge on any atom is -0.456 e. The van der Waals surface area contributed by atoms with Gasteiger partial charge < -0.3 is 9.73 Å². The lowest BCUT2D eigenvalue weighted by Crippen LogP contribution is -2.19. The molecule has 1 N–H and O–H groups in total. The summed E-state index contributed by atoms with van der Waals surface area (Å²) in [4.78, 5) is 9.35. The minimum atomic E-state index is -0.191. The number of nitrogens with zero attached hydrogens (tertiary/aromatic N) is 2. The Morgan fingerprint density at radius 1 is 0.885 bits per heavy atom. The molecular weight excluding hydrogens is 342 g/mol. The van der Waals surface area contributed by atoms with E-state index in [1.165, 1.54) is 0 Å². The first-order valence-electron chi connectivity index (χ1n) is 8.38. The van der Waals surface area contributed by atoms with Gasteiger partial charge in [0.15, 0.2) is 11.1 Å². The van der Waals surface area contributed by atoms with Crippen LogP contribution in [0.1, 0.15) is 16.7 Å². The van der Waals surface area contributed by atoms with Gasteiger partial charge in [-0.1, -0.05) is 60.3 Å². The number of hydrogen-bond acceptors (Lipinski definition) is 5. The standard InChI is InChI=1S/C21H15N3OS/c1-2-8-14(9-3-1)20-23-18-15-10-4-5-11-16(15)25-19(18)21(24-20)26-17-12-6-7-13-22-17/h1-13,21H,(H,23,24). The smallest absolute Gasteiger partial charge is 0.163 e. The van der Waals surface area contributed by atoms with Crippen LogP contribution in [0.25, 0.3) is 11.0 Å². The highest BCUT2D eigenvalue weighted by Gasteiger charge is 2.29. The number of rotatable bonds is 3. The van der Waals surface area contributed by atoms with Crippen molar-refractivity contribution in [2.45, 2.75) is 10.4 Å². The van der Waals surface area contributed by atoms with Crippen molar-refractivity contribution < 1.29 is 4.42 Å². The molecular formula is C21H15N3OS. The van der Waals surface area contributed by atoms with Crippen molar-refractivity contribution in [3.63, 3.8) is 0 Å². The summed E-state index contributed by atoms with van der Waals surface area (Å²) in [5.74, 6) is 1.68. The molecule has 1 aliphatic heterocycles. The van der Waals surface area contributed by atoms with E-state index in [-0.39, 0.29) is 5.37 Å². The van der Waals surface area contributed by atoms with Crippen molar-refractivity contribution in [2.24, 2.45) is 4.99 Å². The van der Waals surface area contributed by atoms with E-state index in [2.05, 4.69) is 28.5 Å². The number of hydrogen-bond donors (Lipinski definition) is 1. The molecule has 0 aliphatic carbocycles. The maximum Gasteiger partial charge on any atom is 0.163 e. The lowest BCUT2D eigenvalue weighted by atomic mass is 10.1. The van der Waals surface area contributed by atoms with Crippen molar-refractivity contribution in [1.82, 2.24) is 4.98 Å². The van der Waals surface area contributed by atoms with Crippen LogP contribution in [0, 0.1) is 0 Å². The van der Waals surface area contributed by atoms with Crippen LogP contribution >= 0.6 is 11.8 Å². The molecule has 1 unspecified atom stereocenters. The van der Waals surface area contributed by atoms with Gasteiger partial charge in [-0.2, -0.15) is 0 Å². The number of amidine groups is 1. The molecule has 2 aromatic heterocycles. The summed E-state index contributed by atoms with van der Waals surface area (Å²) < 4.78 is 6.14. The number of para-hydroxylation sites is 1. The molecule has 1 aliphatic rings. The number of thioether (sulfide) groups is 1. The fourth-order valence-corrected chi connectivity index (χ4v) is 3.99. The molecule has 5 rings (SSSR count). The number of aliphatic imine (C=N–C) groups is 1. The average molecular weight is 357 g/mol. The third-order valence-corrected chi connectivity index (χ3v) is 5.28. The monoisotopic (exact) mass is 357 g/mol. The molecule has 0 amide bonds. The fraction of sp³-hybridized carbons (Fsp3) is 0.0476. The lowest BCUT2D eigenvalue weighted by molar-refractivity contribution is 0.548. The van der Waals surface area contributed by atoms with Crippen molar-refractivity contribution in [3.05, 3.63) is 90.3 Å². The number of benzene rings is 2. The first-order valence-corrected chi connectivity index (χ1v) is 9.26. The molecule has 0 spiro atoms. The zero-order chi connectivity index (χ0) is 17.3. The maximum atomic E-state index is 6.14. The van der Waals surface area contributed by atoms with Gasteiger partial charge in [0.05, 0.1) is 10.7 Å². The summed E-state index contributed by atoms with van der Waals surface area (Å²) in [6, 6.07) is 24.1. The highest BCUT2D eigenvalue weighted by atomic mass is 32.2. The average Bonchev–Trinajstić information content (AvgIpc) is 3.09. The Balaban J connectivity index is 1.64. The Bertz CT molecular complexity index is 1090. The number of aromatic nitrogens is 1. The van der Waals surface area contributed by atoms with Crippen molar-refractivity contribution >= 4 is 34.3 Å². The van der Waals surface area contributed by atoms with Gasteiger partial charge in [0.2, 0.25) is 0 Å². The molecule has 126 valence electrons. The Labute approximate surface area is 155 Å². The fourth-order valence-electron chi connectivity index (χ4n) is 3.05. The van der Waals surface area contributed by atoms with Crippen LogP contribution in [-0.2, 0) is 0 Å². The zero-order valence-electron chi connectivity index (χ0n) is 13.8. The van der Waals surface area contributed by atoms with Crippen LogP contribution in [0.5, 0.6) is 0 Å². The van der Waals surface area contributed by atoms with Crippen molar-refractivity contribution in [2.75, 3.05) is 5.32 Å². The van der Waals surface area contributed by atoms with E-state index >= 15 is 0 Å². The highest BCUT2D eigenvalue weighted by Crippen LogP contribution is 2.46. The summed E-state index contributed by atoms with van der Waals surface area (Å²) in [5, 5.41) is 5.27. The third kappa shape index (κ3) is 2.66. The lowest BCUT2D eigenvalue weighted by Gasteiger charge is -2.21. The van der Waals surface area contributed by atoms with Crippen LogP contribution in [0.4, 0.5) is 5.69 Å². The molecule has 0 bridgehead atoms. The first kappa shape index (κ1) is 15.2. The van der Waals surface area contributed by atoms with Crippen LogP contribution in [0.15, 0.2) is 93.4 Å². The van der Waals surface area contributed by atoms with Crippen LogP contribution in [0.3, 0.4) is 0 Å². The molecule has 3 heterocycles. The summed E-state index contributed by atoms with van der Waals surface area (Å²) in [5.41, 5.74) is 2.90. The van der Waals surface area contributed by atoms with E-state index in [0.717, 1.165) is 38.8 Å². The number of furan rings is 1. The summed E-state index contributed by atoms with van der Waals surface area (Å²) in [7, 11) is 0. The molecule has 2 aromatic carbocycles. The topological polar surface area (TPSA) is 50.4 Å². The Morgan fingerprint density at radius 2 is 1.69 bits per heavy atom. The second-order valence-electron chi connectivity index (χ2n) is 5.94. The van der Waals surface area contributed by atoms with Gasteiger partial charge in [0.1, 0.15) is 11.4 Å². The van der Waals surface area contributed by atoms with Crippen LogP contribution in [0.2, 0.25) is 0 Å². The van der Waals surface area contributed by atoms with Crippen LogP contribution in [-0.4, -0.2) is 10.8 Å². The third-order valence-electron chi connectivity index (χ3n) is 4.25. The van der Waals surface area contributed by atoms with Gasteiger partial charge in [-0.3, -0.25) is 0 Å². The minimum absolute atomic E-state index is 0.191. The largest absolute Gasteiger partial charge is 0.456 e. The normalized spacial score (nSPS) is 16.0. The van der Waals surface area contributed by atoms with Gasteiger partial charge in [0.25, 0.3) is 0 Å².